The number of hydrogen-bond acceptors (Lipinski definition) is 2. The summed E-state index contributed by atoms with van der Waals surface area (Å²) in [7, 11) is 0. The zero-order chi connectivity index (χ0) is 19.3. The van der Waals surface area contributed by atoms with E-state index in [2.05, 4.69) is 32.7 Å². The average molecular weight is 368 g/mol. The lowest BCUT2D eigenvalue weighted by atomic mass is 9.86. The summed E-state index contributed by atoms with van der Waals surface area (Å²) in [6, 6.07) is 11.2. The summed E-state index contributed by atoms with van der Waals surface area (Å²) < 4.78 is 1.87. The Labute approximate surface area is 161 Å². The first-order valence-corrected chi connectivity index (χ1v) is 9.15. The van der Waals surface area contributed by atoms with Crippen LogP contribution in [0.2, 0.25) is 0 Å². The number of benzene rings is 1. The fraction of sp³-hybridized carbons (Fsp3) is 0.318. The van der Waals surface area contributed by atoms with Crippen LogP contribution >= 0.6 is 12.2 Å². The summed E-state index contributed by atoms with van der Waals surface area (Å²) in [6.45, 7) is 12.7. The van der Waals surface area contributed by atoms with Gasteiger partial charge in [-0.1, -0.05) is 63.3 Å². The molecule has 0 saturated heterocycles. The zero-order valence-corrected chi connectivity index (χ0v) is 16.8. The van der Waals surface area contributed by atoms with Gasteiger partial charge in [0.1, 0.15) is 0 Å². The number of thiocarbonyl (C=S) groups is 1. The van der Waals surface area contributed by atoms with Crippen LogP contribution in [-0.2, 0) is 5.41 Å². The first kappa shape index (κ1) is 20.0. The third kappa shape index (κ3) is 4.85. The number of carbonyl (C=O) groups excluding carboxylic acids is 1. The van der Waals surface area contributed by atoms with Crippen molar-refractivity contribution in [2.75, 3.05) is 6.54 Å². The Morgan fingerprint density at radius 1 is 1.27 bits per heavy atom. The van der Waals surface area contributed by atoms with Crippen molar-refractivity contribution < 1.29 is 9.36 Å². The molecule has 1 aromatic carbocycles. The molecule has 0 fully saturated rings. The third-order valence-electron chi connectivity index (χ3n) is 4.22. The molecule has 3 nitrogen and oxygen atoms in total. The molecule has 0 spiro atoms. The number of nitrogens with zero attached hydrogens (tertiary/aromatic N) is 1. The van der Waals surface area contributed by atoms with Crippen LogP contribution in [0.1, 0.15) is 48.3 Å². The quantitative estimate of drug-likeness (QED) is 0.361. The second kappa shape index (κ2) is 8.37. The number of hydrogen-bond donors (Lipinski definition) is 1. The van der Waals surface area contributed by atoms with Gasteiger partial charge in [0.2, 0.25) is 5.78 Å². The first-order chi connectivity index (χ1) is 12.2. The van der Waals surface area contributed by atoms with E-state index in [-0.39, 0.29) is 11.2 Å². The van der Waals surface area contributed by atoms with E-state index in [1.165, 1.54) is 5.56 Å². The lowest BCUT2D eigenvalue weighted by molar-refractivity contribution is -0.692. The fourth-order valence-corrected chi connectivity index (χ4v) is 3.04. The molecule has 0 aliphatic heterocycles. The maximum atomic E-state index is 13.2. The van der Waals surface area contributed by atoms with Gasteiger partial charge >= 0.3 is 0 Å². The summed E-state index contributed by atoms with van der Waals surface area (Å²) in [4.78, 5) is 13.7. The number of nitrogens with one attached hydrogen (secondary N) is 1. The van der Waals surface area contributed by atoms with Gasteiger partial charge in [-0.3, -0.25) is 4.79 Å². The molecular weight excluding hydrogens is 340 g/mol. The van der Waals surface area contributed by atoms with Crippen molar-refractivity contribution >= 4 is 23.0 Å². The van der Waals surface area contributed by atoms with Gasteiger partial charge < -0.3 is 5.32 Å². The summed E-state index contributed by atoms with van der Waals surface area (Å²) in [5.74, 6) is -0.0254. The lowest BCUT2D eigenvalue weighted by Crippen LogP contribution is -2.51. The maximum absolute atomic E-state index is 13.2. The van der Waals surface area contributed by atoms with E-state index in [4.69, 9.17) is 12.2 Å². The highest BCUT2D eigenvalue weighted by atomic mass is 32.1. The number of Topliss-reactive ketones (excluding diaryl/α,β-unsaturated/α-hetero) is 1. The van der Waals surface area contributed by atoms with Gasteiger partial charge in [0, 0.05) is 23.7 Å². The van der Waals surface area contributed by atoms with Crippen LogP contribution < -0.4 is 9.88 Å². The highest BCUT2D eigenvalue weighted by molar-refractivity contribution is 7.80. The van der Waals surface area contributed by atoms with Crippen LogP contribution in [0.3, 0.4) is 0 Å². The number of ketones is 1. The third-order valence-corrected chi connectivity index (χ3v) is 4.59. The van der Waals surface area contributed by atoms with Gasteiger partial charge in [-0.2, -0.15) is 4.57 Å². The maximum Gasteiger partial charge on any atom is 0.270 e. The molecule has 1 aromatic heterocycles. The Morgan fingerprint density at radius 3 is 2.46 bits per heavy atom. The molecule has 0 aliphatic carbocycles. The van der Waals surface area contributed by atoms with Crippen molar-refractivity contribution in [2.24, 2.45) is 0 Å². The van der Waals surface area contributed by atoms with Gasteiger partial charge in [0.15, 0.2) is 17.4 Å². The monoisotopic (exact) mass is 367 g/mol. The normalized spacial score (nSPS) is 12.3. The van der Waals surface area contributed by atoms with Crippen LogP contribution in [0, 0.1) is 6.92 Å². The van der Waals surface area contributed by atoms with E-state index in [0.717, 1.165) is 5.56 Å². The molecule has 1 heterocycles. The summed E-state index contributed by atoms with van der Waals surface area (Å²) in [5.41, 5.74) is 2.97. The molecule has 4 heteroatoms. The fourth-order valence-electron chi connectivity index (χ4n) is 2.73. The Balaban J connectivity index is 2.39. The van der Waals surface area contributed by atoms with E-state index in [1.54, 1.807) is 6.08 Å². The van der Waals surface area contributed by atoms with E-state index < -0.39 is 6.04 Å². The molecule has 2 aromatic rings. The smallest absolute Gasteiger partial charge is 0.270 e. The van der Waals surface area contributed by atoms with Crippen LogP contribution in [0.4, 0.5) is 0 Å². The minimum atomic E-state index is -0.578. The Bertz CT molecular complexity index is 804. The molecule has 1 atom stereocenters. The molecule has 0 radical (unpaired) electrons. The second-order valence-electron chi connectivity index (χ2n) is 7.46. The van der Waals surface area contributed by atoms with E-state index >= 15 is 0 Å². The van der Waals surface area contributed by atoms with Crippen molar-refractivity contribution in [3.63, 3.8) is 0 Å². The Hall–Kier alpha value is -2.33. The average Bonchev–Trinajstić information content (AvgIpc) is 2.59. The lowest BCUT2D eigenvalue weighted by Gasteiger charge is -2.19. The molecule has 1 N–H and O–H groups in total. The van der Waals surface area contributed by atoms with Gasteiger partial charge in [-0.15, -0.1) is 6.58 Å². The van der Waals surface area contributed by atoms with Crippen LogP contribution in [0.25, 0.3) is 0 Å². The van der Waals surface area contributed by atoms with Crippen molar-refractivity contribution in [3.05, 3.63) is 78.1 Å². The van der Waals surface area contributed by atoms with Gasteiger partial charge in [-0.05, 0) is 24.0 Å². The number of carbonyl (C=O) groups is 1. The van der Waals surface area contributed by atoms with E-state index in [1.807, 2.05) is 60.3 Å². The number of pyridine rings is 1. The van der Waals surface area contributed by atoms with Crippen molar-refractivity contribution in [2.45, 2.75) is 39.2 Å². The number of aromatic nitrogens is 1. The Morgan fingerprint density at radius 2 is 1.92 bits per heavy atom. The van der Waals surface area contributed by atoms with Crippen LogP contribution in [0.5, 0.6) is 0 Å². The standard InChI is InChI=1S/C22H26N2OS/c1-6-13-23-21(26)19(24-14-7-8-16(2)15-24)20(25)17-9-11-18(12-10-17)22(3,4)5/h6-12,14-15,19H,1,13H2,2-5H3/p+1/t19-/m0/s1. The predicted octanol–water partition coefficient (Wildman–Crippen LogP) is 4.11. The van der Waals surface area contributed by atoms with Crippen molar-refractivity contribution in [1.29, 1.82) is 0 Å². The van der Waals surface area contributed by atoms with Crippen LogP contribution in [0.15, 0.2) is 61.4 Å². The zero-order valence-electron chi connectivity index (χ0n) is 16.0. The highest BCUT2D eigenvalue weighted by Crippen LogP contribution is 2.23. The highest BCUT2D eigenvalue weighted by Gasteiger charge is 2.33. The number of aryl methyl sites for hydroxylation is 1. The van der Waals surface area contributed by atoms with Crippen LogP contribution in [-0.4, -0.2) is 17.3 Å². The van der Waals surface area contributed by atoms with E-state index in [0.29, 0.717) is 17.1 Å². The van der Waals surface area contributed by atoms with Gasteiger partial charge in [0.05, 0.1) is 0 Å². The minimum Gasteiger partial charge on any atom is -0.370 e. The van der Waals surface area contributed by atoms with Crippen molar-refractivity contribution in [3.8, 4) is 0 Å². The molecule has 2 rings (SSSR count). The summed E-state index contributed by atoms with van der Waals surface area (Å²) in [6.07, 6.45) is 5.54. The molecule has 26 heavy (non-hydrogen) atoms. The molecular formula is C22H27N2OS+. The molecule has 0 unspecified atom stereocenters. The summed E-state index contributed by atoms with van der Waals surface area (Å²) >= 11 is 5.53. The molecule has 0 amide bonds. The largest absolute Gasteiger partial charge is 0.370 e. The number of rotatable bonds is 6. The topological polar surface area (TPSA) is 33.0 Å². The molecule has 0 saturated carbocycles. The second-order valence-corrected chi connectivity index (χ2v) is 7.90. The SMILES string of the molecule is C=CCNC(=S)[C@H](C(=O)c1ccc(C(C)(C)C)cc1)[n+]1cccc(C)c1. The van der Waals surface area contributed by atoms with Crippen molar-refractivity contribution in [1.82, 2.24) is 5.32 Å². The minimum absolute atomic E-state index is 0.0254. The molecule has 0 aliphatic rings. The van der Waals surface area contributed by atoms with E-state index in [9.17, 15) is 4.79 Å². The summed E-state index contributed by atoms with van der Waals surface area (Å²) in [5, 5.41) is 3.11. The van der Waals surface area contributed by atoms with Gasteiger partial charge in [-0.25, -0.2) is 0 Å². The first-order valence-electron chi connectivity index (χ1n) is 8.75. The molecule has 0 bridgehead atoms. The Kier molecular flexibility index (Phi) is 6.43. The predicted molar refractivity (Wildman–Crippen MR) is 111 cm³/mol. The van der Waals surface area contributed by atoms with Gasteiger partial charge in [0.25, 0.3) is 6.04 Å². The molecule has 136 valence electrons.